The van der Waals surface area contributed by atoms with Crippen LogP contribution in [0.15, 0.2) is 16.0 Å². The first-order valence-corrected chi connectivity index (χ1v) is 10.0. The molecule has 0 saturated heterocycles. The number of aromatic amines is 1. The van der Waals surface area contributed by atoms with Gasteiger partial charge in [-0.15, -0.1) is 0 Å². The van der Waals surface area contributed by atoms with Gasteiger partial charge in [-0.3, -0.25) is 24.4 Å². The molecule has 1 saturated carbocycles. The molecule has 170 valence electrons. The summed E-state index contributed by atoms with van der Waals surface area (Å²) in [6.07, 6.45) is 3.08. The molecule has 0 aliphatic heterocycles. The molecule has 0 radical (unpaired) electrons. The van der Waals surface area contributed by atoms with E-state index in [0.29, 0.717) is 31.4 Å². The largest absolute Gasteiger partial charge is 0.481 e. The van der Waals surface area contributed by atoms with Gasteiger partial charge >= 0.3 is 11.9 Å². The number of carbonyl (C=O) groups excluding carboxylic acids is 1. The minimum absolute atomic E-state index is 0.0397. The number of aliphatic carboxylic acids is 2. The summed E-state index contributed by atoms with van der Waals surface area (Å²) in [5.74, 6) is -3.18. The monoisotopic (exact) mass is 445 g/mol. The minimum atomic E-state index is -1.26. The summed E-state index contributed by atoms with van der Waals surface area (Å²) in [4.78, 5) is 65.3. The smallest absolute Gasteiger partial charge is 0.326 e. The first-order chi connectivity index (χ1) is 15.2. The number of hydrogen-bond donors (Lipinski definition) is 5. The zero-order chi connectivity index (χ0) is 23.3. The van der Waals surface area contributed by atoms with E-state index in [4.69, 9.17) is 10.8 Å². The van der Waals surface area contributed by atoms with Crippen LogP contribution < -0.4 is 16.6 Å². The van der Waals surface area contributed by atoms with Crippen LogP contribution in [0.4, 0.5) is 5.95 Å². The number of aromatic nitrogens is 4. The number of nitrogens with one attached hydrogen (secondary N) is 2. The van der Waals surface area contributed by atoms with Crippen molar-refractivity contribution >= 4 is 40.7 Å². The molecule has 1 atom stereocenters. The Morgan fingerprint density at radius 1 is 1.25 bits per heavy atom. The van der Waals surface area contributed by atoms with Crippen LogP contribution in [0.3, 0.4) is 0 Å². The third-order valence-electron chi connectivity index (χ3n) is 5.15. The molecule has 0 aromatic carbocycles. The van der Waals surface area contributed by atoms with Crippen LogP contribution in [-0.2, 0) is 20.9 Å². The van der Waals surface area contributed by atoms with Crippen molar-refractivity contribution in [2.45, 2.75) is 51.1 Å². The molecule has 1 aliphatic carbocycles. The van der Waals surface area contributed by atoms with Gasteiger partial charge in [0.1, 0.15) is 6.04 Å². The van der Waals surface area contributed by atoms with Gasteiger partial charge in [-0.1, -0.05) is 0 Å². The molecule has 2 aromatic heterocycles. The van der Waals surface area contributed by atoms with Crippen molar-refractivity contribution in [1.29, 1.82) is 0 Å². The van der Waals surface area contributed by atoms with E-state index in [1.165, 1.54) is 6.20 Å². The molecule has 0 unspecified atom stereocenters. The van der Waals surface area contributed by atoms with Crippen molar-refractivity contribution in [1.82, 2.24) is 25.3 Å². The Morgan fingerprint density at radius 3 is 2.62 bits per heavy atom. The first-order valence-electron chi connectivity index (χ1n) is 10.0. The summed E-state index contributed by atoms with van der Waals surface area (Å²) < 4.78 is 0. The Kier molecular flexibility index (Phi) is 7.07. The van der Waals surface area contributed by atoms with Gasteiger partial charge in [-0.25, -0.2) is 14.8 Å². The molecular formula is C19H23N7O6. The highest BCUT2D eigenvalue weighted by Gasteiger charge is 2.28. The van der Waals surface area contributed by atoms with E-state index < -0.39 is 29.4 Å². The van der Waals surface area contributed by atoms with Gasteiger partial charge in [0, 0.05) is 18.1 Å². The molecule has 6 N–H and O–H groups in total. The van der Waals surface area contributed by atoms with Crippen molar-refractivity contribution < 1.29 is 24.6 Å². The summed E-state index contributed by atoms with van der Waals surface area (Å²) in [5, 5.41) is 20.3. The second kappa shape index (κ2) is 9.94. The average Bonchev–Trinajstić information content (AvgIpc) is 2.75. The number of carbonyl (C=O) groups is 3. The van der Waals surface area contributed by atoms with E-state index in [2.05, 4.69) is 30.2 Å². The predicted molar refractivity (Wildman–Crippen MR) is 112 cm³/mol. The van der Waals surface area contributed by atoms with Gasteiger partial charge in [-0.2, -0.15) is 4.98 Å². The summed E-state index contributed by atoms with van der Waals surface area (Å²) >= 11 is 0. The minimum Gasteiger partial charge on any atom is -0.481 e. The van der Waals surface area contributed by atoms with Gasteiger partial charge in [0.05, 0.1) is 18.4 Å². The fraction of sp³-hybridized carbons (Fsp3) is 0.474. The first kappa shape index (κ1) is 22.8. The number of carboxylic acids is 2. The maximum absolute atomic E-state index is 12.4. The zero-order valence-corrected chi connectivity index (χ0v) is 17.1. The van der Waals surface area contributed by atoms with Crippen molar-refractivity contribution in [3.63, 3.8) is 0 Å². The molecule has 3 rings (SSSR count). The van der Waals surface area contributed by atoms with E-state index in [9.17, 15) is 24.3 Å². The molecule has 2 aromatic rings. The number of carboxylic acid groups (broad SMARTS) is 2. The fourth-order valence-corrected chi connectivity index (χ4v) is 3.43. The van der Waals surface area contributed by atoms with E-state index in [1.807, 2.05) is 0 Å². The van der Waals surface area contributed by atoms with Gasteiger partial charge < -0.3 is 21.3 Å². The van der Waals surface area contributed by atoms with E-state index in [-0.39, 0.29) is 42.4 Å². The number of hydrogen-bond acceptors (Lipinski definition) is 9. The number of amides is 1. The molecule has 1 aliphatic rings. The van der Waals surface area contributed by atoms with Crippen LogP contribution in [0.2, 0.25) is 0 Å². The molecule has 13 nitrogen and oxygen atoms in total. The summed E-state index contributed by atoms with van der Waals surface area (Å²) in [5.41, 5.74) is 6.61. The predicted octanol–water partition coefficient (Wildman–Crippen LogP) is -0.139. The standard InChI is InChI=1S/C19H23N7O6/c20-19-25-15-14(17(30)26-19)23-11(8-22-15)7-21-10-3-1-9(2-4-10)16(29)24-12(18(31)32)5-6-13(27)28/h8-9,12H,1-7H2,(H,24,29)(H,27,28)(H,31,32)(H3,20,22,25,26,30)/t9?,12-/m0/s1. The normalized spacial score (nSPS) is 17.0. The maximum atomic E-state index is 12.4. The number of anilines is 1. The summed E-state index contributed by atoms with van der Waals surface area (Å²) in [6, 6.07) is -1.23. The van der Waals surface area contributed by atoms with Crippen molar-refractivity contribution in [3.05, 3.63) is 22.2 Å². The number of aliphatic imine (C=N–C) groups is 1. The number of nitrogen functional groups attached to an aromatic ring is 1. The van der Waals surface area contributed by atoms with E-state index in [1.54, 1.807) is 0 Å². The SMILES string of the molecule is Nc1nc2ncc(CN=C3CCC(C(=O)N[C@@H](CCC(=O)O)C(=O)O)CC3)nc2c(=O)[nH]1. The third kappa shape index (κ3) is 5.83. The van der Waals surface area contributed by atoms with Crippen molar-refractivity contribution in [3.8, 4) is 0 Å². The number of nitrogens with zero attached hydrogens (tertiary/aromatic N) is 4. The number of H-pyrrole nitrogens is 1. The van der Waals surface area contributed by atoms with Gasteiger partial charge in [0.25, 0.3) is 5.56 Å². The van der Waals surface area contributed by atoms with E-state index in [0.717, 1.165) is 5.71 Å². The molecule has 13 heteroatoms. The zero-order valence-electron chi connectivity index (χ0n) is 17.1. The van der Waals surface area contributed by atoms with Crippen LogP contribution in [0, 0.1) is 5.92 Å². The highest BCUT2D eigenvalue weighted by Crippen LogP contribution is 2.23. The molecule has 0 spiro atoms. The Balaban J connectivity index is 1.55. The molecule has 0 bridgehead atoms. The van der Waals surface area contributed by atoms with Crippen LogP contribution in [0.1, 0.15) is 44.2 Å². The van der Waals surface area contributed by atoms with E-state index >= 15 is 0 Å². The lowest BCUT2D eigenvalue weighted by Crippen LogP contribution is -2.44. The van der Waals surface area contributed by atoms with Crippen LogP contribution in [-0.4, -0.2) is 59.7 Å². The number of nitrogens with two attached hydrogens (primary N) is 1. The fourth-order valence-electron chi connectivity index (χ4n) is 3.43. The van der Waals surface area contributed by atoms with Crippen LogP contribution in [0.25, 0.3) is 11.2 Å². The molecule has 1 amide bonds. The Morgan fingerprint density at radius 2 is 1.97 bits per heavy atom. The lowest BCUT2D eigenvalue weighted by atomic mass is 9.87. The van der Waals surface area contributed by atoms with Crippen LogP contribution >= 0.6 is 0 Å². The Labute approximate surface area is 181 Å². The maximum Gasteiger partial charge on any atom is 0.326 e. The van der Waals surface area contributed by atoms with Gasteiger partial charge in [-0.05, 0) is 32.1 Å². The summed E-state index contributed by atoms with van der Waals surface area (Å²) in [7, 11) is 0. The lowest BCUT2D eigenvalue weighted by molar-refractivity contribution is -0.143. The number of rotatable bonds is 8. The second-order valence-corrected chi connectivity index (χ2v) is 7.47. The van der Waals surface area contributed by atoms with Crippen LogP contribution in [0.5, 0.6) is 0 Å². The quantitative estimate of drug-likeness (QED) is 0.362. The van der Waals surface area contributed by atoms with Gasteiger partial charge in [0.15, 0.2) is 11.2 Å². The molecular weight excluding hydrogens is 422 g/mol. The van der Waals surface area contributed by atoms with Crippen molar-refractivity contribution in [2.24, 2.45) is 10.9 Å². The second-order valence-electron chi connectivity index (χ2n) is 7.47. The molecule has 2 heterocycles. The topological polar surface area (TPSA) is 214 Å². The number of fused-ring (bicyclic) bond motifs is 1. The summed E-state index contributed by atoms with van der Waals surface area (Å²) in [6.45, 7) is 0.217. The Hall–Kier alpha value is -3.90. The van der Waals surface area contributed by atoms with Gasteiger partial charge in [0.2, 0.25) is 11.9 Å². The molecule has 1 fully saturated rings. The lowest BCUT2D eigenvalue weighted by Gasteiger charge is -2.24. The highest BCUT2D eigenvalue weighted by atomic mass is 16.4. The average molecular weight is 445 g/mol. The highest BCUT2D eigenvalue weighted by molar-refractivity contribution is 5.89. The third-order valence-corrected chi connectivity index (χ3v) is 5.15. The van der Waals surface area contributed by atoms with Crippen molar-refractivity contribution in [2.75, 3.05) is 5.73 Å². The molecule has 32 heavy (non-hydrogen) atoms. The Bertz CT molecular complexity index is 1120.